The molecule has 0 aliphatic heterocycles. The Morgan fingerprint density at radius 1 is 1.26 bits per heavy atom. The summed E-state index contributed by atoms with van der Waals surface area (Å²) in [6.45, 7) is 2.39. The third kappa shape index (κ3) is 5.34. The molecule has 27 heavy (non-hydrogen) atoms. The molecule has 2 aromatic heterocycles. The maximum Gasteiger partial charge on any atom is 0.254 e. The Bertz CT molecular complexity index is 911. The minimum atomic E-state index is -0.134. The van der Waals surface area contributed by atoms with Crippen LogP contribution in [0.25, 0.3) is 0 Å². The summed E-state index contributed by atoms with van der Waals surface area (Å²) < 4.78 is 10.3. The first-order valence-corrected chi connectivity index (χ1v) is 9.55. The van der Waals surface area contributed by atoms with Crippen molar-refractivity contribution in [3.05, 3.63) is 71.2 Å². The molecule has 0 aliphatic carbocycles. The van der Waals surface area contributed by atoms with Crippen LogP contribution in [0.15, 0.2) is 58.2 Å². The van der Waals surface area contributed by atoms with Gasteiger partial charge in [-0.05, 0) is 43.2 Å². The number of rotatable bonds is 8. The Morgan fingerprint density at radius 3 is 2.93 bits per heavy atom. The highest BCUT2D eigenvalue weighted by Gasteiger charge is 2.13. The molecule has 0 bridgehead atoms. The summed E-state index contributed by atoms with van der Waals surface area (Å²) in [5.74, 6) is 2.04. The highest BCUT2D eigenvalue weighted by Crippen LogP contribution is 2.24. The van der Waals surface area contributed by atoms with Gasteiger partial charge in [0.05, 0.1) is 18.4 Å². The molecule has 3 aromatic rings. The van der Waals surface area contributed by atoms with Crippen LogP contribution >= 0.6 is 11.8 Å². The fourth-order valence-electron chi connectivity index (χ4n) is 2.55. The molecule has 3 rings (SSSR count). The van der Waals surface area contributed by atoms with Gasteiger partial charge < -0.3 is 14.6 Å². The molecule has 0 fully saturated rings. The third-order valence-electron chi connectivity index (χ3n) is 3.88. The summed E-state index contributed by atoms with van der Waals surface area (Å²) in [7, 11) is 1.64. The Kier molecular flexibility index (Phi) is 6.49. The van der Waals surface area contributed by atoms with Crippen LogP contribution in [0.3, 0.4) is 0 Å². The molecule has 0 saturated heterocycles. The second-order valence-electron chi connectivity index (χ2n) is 5.93. The highest BCUT2D eigenvalue weighted by atomic mass is 32.2. The van der Waals surface area contributed by atoms with Gasteiger partial charge in [-0.2, -0.15) is 0 Å². The first kappa shape index (κ1) is 19.0. The van der Waals surface area contributed by atoms with Crippen molar-refractivity contribution < 1.29 is 14.1 Å². The van der Waals surface area contributed by atoms with Crippen LogP contribution in [0.1, 0.15) is 27.4 Å². The third-order valence-corrected chi connectivity index (χ3v) is 4.92. The number of hydrogen-bond acceptors (Lipinski definition) is 6. The van der Waals surface area contributed by atoms with Gasteiger partial charge in [-0.3, -0.25) is 4.79 Å². The van der Waals surface area contributed by atoms with Crippen molar-refractivity contribution >= 4 is 17.7 Å². The van der Waals surface area contributed by atoms with Gasteiger partial charge in [-0.1, -0.05) is 29.1 Å². The van der Waals surface area contributed by atoms with Crippen molar-refractivity contribution in [2.45, 2.75) is 24.1 Å². The lowest BCUT2D eigenvalue weighted by Gasteiger charge is -2.09. The summed E-state index contributed by atoms with van der Waals surface area (Å²) in [6, 6.07) is 13.3. The number of nitrogens with one attached hydrogen (secondary N) is 1. The fourth-order valence-corrected chi connectivity index (χ4v) is 3.42. The number of aromatic nitrogens is 2. The molecular formula is C20H21N3O3S. The van der Waals surface area contributed by atoms with Crippen molar-refractivity contribution in [2.24, 2.45) is 0 Å². The number of methoxy groups -OCH3 is 1. The topological polar surface area (TPSA) is 77.2 Å². The largest absolute Gasteiger partial charge is 0.497 e. The number of ether oxygens (including phenoxy) is 1. The second-order valence-corrected chi connectivity index (χ2v) is 6.90. The molecule has 1 aromatic carbocycles. The Hall–Kier alpha value is -2.80. The van der Waals surface area contributed by atoms with Gasteiger partial charge in [0.1, 0.15) is 16.5 Å². The number of thioether (sulfide) groups is 1. The van der Waals surface area contributed by atoms with E-state index in [-0.39, 0.29) is 5.91 Å². The summed E-state index contributed by atoms with van der Waals surface area (Å²) in [5.41, 5.74) is 2.50. The van der Waals surface area contributed by atoms with Crippen LogP contribution in [0.5, 0.6) is 5.75 Å². The van der Waals surface area contributed by atoms with Crippen molar-refractivity contribution in [3.8, 4) is 5.75 Å². The Morgan fingerprint density at radius 2 is 2.15 bits per heavy atom. The van der Waals surface area contributed by atoms with Gasteiger partial charge in [0.2, 0.25) is 0 Å². The van der Waals surface area contributed by atoms with E-state index in [1.807, 2.05) is 37.3 Å². The van der Waals surface area contributed by atoms with E-state index in [9.17, 15) is 4.79 Å². The quantitative estimate of drug-likeness (QED) is 0.598. The minimum Gasteiger partial charge on any atom is -0.497 e. The van der Waals surface area contributed by atoms with Gasteiger partial charge in [-0.25, -0.2) is 4.98 Å². The molecule has 140 valence electrons. The molecule has 0 atom stereocenters. The number of aryl methyl sites for hydroxylation is 1. The van der Waals surface area contributed by atoms with Crippen LogP contribution in [-0.4, -0.2) is 29.7 Å². The van der Waals surface area contributed by atoms with Crippen LogP contribution in [-0.2, 0) is 12.2 Å². The first-order valence-electron chi connectivity index (χ1n) is 8.57. The van der Waals surface area contributed by atoms with E-state index in [1.54, 1.807) is 25.4 Å². The second kappa shape index (κ2) is 9.23. The number of amides is 1. The normalized spacial score (nSPS) is 10.6. The standard InChI is InChI=1S/C20H21N3O3S/c1-14-11-16(23-26-14)13-27-20-18(7-4-9-22-20)19(24)21-10-8-15-5-3-6-17(12-15)25-2/h3-7,9,11-12H,8,10,13H2,1-2H3,(H,21,24). The molecule has 0 spiro atoms. The van der Waals surface area contributed by atoms with E-state index >= 15 is 0 Å². The zero-order valence-electron chi connectivity index (χ0n) is 15.3. The summed E-state index contributed by atoms with van der Waals surface area (Å²) >= 11 is 1.47. The fraction of sp³-hybridized carbons (Fsp3) is 0.250. The average Bonchev–Trinajstić information content (AvgIpc) is 3.12. The zero-order valence-corrected chi connectivity index (χ0v) is 16.1. The predicted octanol–water partition coefficient (Wildman–Crippen LogP) is 3.65. The predicted molar refractivity (Wildman–Crippen MR) is 104 cm³/mol. The zero-order chi connectivity index (χ0) is 19.1. The highest BCUT2D eigenvalue weighted by molar-refractivity contribution is 7.98. The number of carbonyl (C=O) groups is 1. The van der Waals surface area contributed by atoms with Crippen molar-refractivity contribution in [1.82, 2.24) is 15.5 Å². The van der Waals surface area contributed by atoms with Gasteiger partial charge >= 0.3 is 0 Å². The monoisotopic (exact) mass is 383 g/mol. The Labute approximate surface area is 162 Å². The van der Waals surface area contributed by atoms with E-state index in [4.69, 9.17) is 9.26 Å². The molecular weight excluding hydrogens is 362 g/mol. The molecule has 0 aliphatic rings. The van der Waals surface area contributed by atoms with Gasteiger partial charge in [0.25, 0.3) is 5.91 Å². The van der Waals surface area contributed by atoms with Crippen LogP contribution < -0.4 is 10.1 Å². The van der Waals surface area contributed by atoms with E-state index in [0.717, 1.165) is 29.2 Å². The Balaban J connectivity index is 1.57. The molecule has 0 unspecified atom stereocenters. The molecule has 0 saturated carbocycles. The van der Waals surface area contributed by atoms with E-state index in [1.165, 1.54) is 11.8 Å². The SMILES string of the molecule is COc1cccc(CCNC(=O)c2cccnc2SCc2cc(C)on2)c1. The van der Waals surface area contributed by atoms with Gasteiger partial charge in [0.15, 0.2) is 0 Å². The van der Waals surface area contributed by atoms with E-state index in [2.05, 4.69) is 15.5 Å². The molecule has 0 radical (unpaired) electrons. The molecule has 7 heteroatoms. The maximum atomic E-state index is 12.6. The number of benzene rings is 1. The van der Waals surface area contributed by atoms with E-state index in [0.29, 0.717) is 22.9 Å². The number of carbonyl (C=O) groups excluding carboxylic acids is 1. The summed E-state index contributed by atoms with van der Waals surface area (Å²) in [4.78, 5) is 16.9. The van der Waals surface area contributed by atoms with Gasteiger partial charge in [-0.15, -0.1) is 0 Å². The lowest BCUT2D eigenvalue weighted by molar-refractivity contribution is 0.0950. The molecule has 1 amide bonds. The summed E-state index contributed by atoms with van der Waals surface area (Å²) in [6.07, 6.45) is 2.41. The van der Waals surface area contributed by atoms with Crippen LogP contribution in [0.4, 0.5) is 0 Å². The van der Waals surface area contributed by atoms with Gasteiger partial charge in [0, 0.05) is 24.6 Å². The van der Waals surface area contributed by atoms with Crippen LogP contribution in [0, 0.1) is 6.92 Å². The smallest absolute Gasteiger partial charge is 0.254 e. The number of nitrogens with zero attached hydrogens (tertiary/aromatic N) is 2. The van der Waals surface area contributed by atoms with Crippen molar-refractivity contribution in [3.63, 3.8) is 0 Å². The van der Waals surface area contributed by atoms with Crippen LogP contribution in [0.2, 0.25) is 0 Å². The number of pyridine rings is 1. The maximum absolute atomic E-state index is 12.6. The summed E-state index contributed by atoms with van der Waals surface area (Å²) in [5, 5.41) is 7.61. The van der Waals surface area contributed by atoms with Crippen molar-refractivity contribution in [2.75, 3.05) is 13.7 Å². The minimum absolute atomic E-state index is 0.134. The van der Waals surface area contributed by atoms with E-state index < -0.39 is 0 Å². The molecule has 2 heterocycles. The average molecular weight is 383 g/mol. The lowest BCUT2D eigenvalue weighted by atomic mass is 10.1. The molecule has 1 N–H and O–H groups in total. The van der Waals surface area contributed by atoms with Crippen molar-refractivity contribution in [1.29, 1.82) is 0 Å². The number of hydrogen-bond donors (Lipinski definition) is 1. The first-order chi connectivity index (χ1) is 13.2. The molecule has 6 nitrogen and oxygen atoms in total. The lowest BCUT2D eigenvalue weighted by Crippen LogP contribution is -2.26.